The van der Waals surface area contributed by atoms with Gasteiger partial charge in [0.2, 0.25) is 11.8 Å². The van der Waals surface area contributed by atoms with E-state index in [1.165, 1.54) is 0 Å². The minimum absolute atomic E-state index is 0.00444. The topological polar surface area (TPSA) is 88.0 Å². The molecule has 0 bridgehead atoms. The van der Waals surface area contributed by atoms with Crippen molar-refractivity contribution >= 4 is 11.9 Å². The average Bonchev–Trinajstić information content (AvgIpc) is 2.46. The number of hydrogen-bond donors (Lipinski definition) is 1. The Labute approximate surface area is 123 Å². The molecule has 1 fully saturated rings. The third-order valence-corrected chi connectivity index (χ3v) is 3.17. The zero-order valence-electron chi connectivity index (χ0n) is 12.2. The highest BCUT2D eigenvalue weighted by molar-refractivity contribution is 5.69. The SMILES string of the molecule is COc1ccnc(N2CCOC(CN(C)CC(=O)O)C2)n1. The summed E-state index contributed by atoms with van der Waals surface area (Å²) in [6, 6.07) is 1.70. The van der Waals surface area contributed by atoms with Gasteiger partial charge in [0.15, 0.2) is 0 Å². The molecule has 1 N–H and O–H groups in total. The van der Waals surface area contributed by atoms with Crippen LogP contribution >= 0.6 is 0 Å². The van der Waals surface area contributed by atoms with E-state index in [2.05, 4.69) is 9.97 Å². The van der Waals surface area contributed by atoms with Crippen LogP contribution in [0.5, 0.6) is 5.88 Å². The summed E-state index contributed by atoms with van der Waals surface area (Å²) in [7, 11) is 3.33. The van der Waals surface area contributed by atoms with E-state index >= 15 is 0 Å². The molecule has 1 atom stereocenters. The predicted molar refractivity (Wildman–Crippen MR) is 75.7 cm³/mol. The third kappa shape index (κ3) is 4.54. The van der Waals surface area contributed by atoms with Crippen molar-refractivity contribution in [2.45, 2.75) is 6.10 Å². The highest BCUT2D eigenvalue weighted by atomic mass is 16.5. The van der Waals surface area contributed by atoms with Crippen molar-refractivity contribution in [2.24, 2.45) is 0 Å². The molecule has 0 saturated carbocycles. The zero-order valence-corrected chi connectivity index (χ0v) is 12.2. The molecule has 1 aromatic rings. The molecular formula is C13H20N4O4. The van der Waals surface area contributed by atoms with Crippen LogP contribution in [0.4, 0.5) is 5.95 Å². The molecule has 1 unspecified atom stereocenters. The second-order valence-corrected chi connectivity index (χ2v) is 4.93. The molecular weight excluding hydrogens is 276 g/mol. The van der Waals surface area contributed by atoms with Crippen LogP contribution in [-0.2, 0) is 9.53 Å². The van der Waals surface area contributed by atoms with Gasteiger partial charge in [0.05, 0.1) is 26.4 Å². The molecule has 0 radical (unpaired) electrons. The number of carbonyl (C=O) groups is 1. The number of nitrogens with zero attached hydrogens (tertiary/aromatic N) is 4. The number of rotatable bonds is 6. The van der Waals surface area contributed by atoms with Gasteiger partial charge >= 0.3 is 5.97 Å². The number of anilines is 1. The van der Waals surface area contributed by atoms with Gasteiger partial charge in [-0.05, 0) is 7.05 Å². The van der Waals surface area contributed by atoms with E-state index in [9.17, 15) is 4.79 Å². The van der Waals surface area contributed by atoms with Gasteiger partial charge in [0, 0.05) is 31.9 Å². The fraction of sp³-hybridized carbons (Fsp3) is 0.615. The molecule has 0 aromatic carbocycles. The van der Waals surface area contributed by atoms with E-state index in [-0.39, 0.29) is 12.6 Å². The quantitative estimate of drug-likeness (QED) is 0.766. The summed E-state index contributed by atoms with van der Waals surface area (Å²) >= 11 is 0. The highest BCUT2D eigenvalue weighted by Gasteiger charge is 2.24. The van der Waals surface area contributed by atoms with E-state index in [1.54, 1.807) is 31.3 Å². The molecule has 8 nitrogen and oxygen atoms in total. The molecule has 116 valence electrons. The first-order chi connectivity index (χ1) is 10.1. The lowest BCUT2D eigenvalue weighted by Gasteiger charge is -2.34. The van der Waals surface area contributed by atoms with Gasteiger partial charge < -0.3 is 19.5 Å². The monoisotopic (exact) mass is 296 g/mol. The summed E-state index contributed by atoms with van der Waals surface area (Å²) < 4.78 is 10.8. The van der Waals surface area contributed by atoms with Crippen LogP contribution in [0.1, 0.15) is 0 Å². The number of methoxy groups -OCH3 is 1. The number of carboxylic acid groups (broad SMARTS) is 1. The van der Waals surface area contributed by atoms with Gasteiger partial charge in [0.25, 0.3) is 0 Å². The fourth-order valence-electron chi connectivity index (χ4n) is 2.25. The molecule has 0 spiro atoms. The highest BCUT2D eigenvalue weighted by Crippen LogP contribution is 2.16. The summed E-state index contributed by atoms with van der Waals surface area (Å²) in [6.07, 6.45) is 1.58. The molecule has 2 rings (SSSR count). The maximum absolute atomic E-state index is 10.7. The van der Waals surface area contributed by atoms with E-state index in [0.717, 1.165) is 0 Å². The lowest BCUT2D eigenvalue weighted by molar-refractivity contribution is -0.138. The van der Waals surface area contributed by atoms with E-state index in [1.807, 2.05) is 4.90 Å². The van der Waals surface area contributed by atoms with E-state index in [4.69, 9.17) is 14.6 Å². The van der Waals surface area contributed by atoms with Crippen LogP contribution in [-0.4, -0.2) is 79.0 Å². The van der Waals surface area contributed by atoms with Crippen LogP contribution in [0.15, 0.2) is 12.3 Å². The first kappa shape index (κ1) is 15.5. The average molecular weight is 296 g/mol. The Balaban J connectivity index is 1.95. The zero-order chi connectivity index (χ0) is 15.2. The maximum Gasteiger partial charge on any atom is 0.317 e. The molecule has 1 aliphatic rings. The molecule has 1 aliphatic heterocycles. The fourth-order valence-corrected chi connectivity index (χ4v) is 2.25. The van der Waals surface area contributed by atoms with Crippen molar-refractivity contribution in [1.82, 2.24) is 14.9 Å². The van der Waals surface area contributed by atoms with E-state index in [0.29, 0.717) is 38.1 Å². The Morgan fingerprint density at radius 1 is 1.67 bits per heavy atom. The smallest absolute Gasteiger partial charge is 0.317 e. The lowest BCUT2D eigenvalue weighted by atomic mass is 10.2. The minimum atomic E-state index is -0.846. The largest absolute Gasteiger partial charge is 0.481 e. The Morgan fingerprint density at radius 2 is 2.48 bits per heavy atom. The van der Waals surface area contributed by atoms with Crippen molar-refractivity contribution in [3.63, 3.8) is 0 Å². The van der Waals surface area contributed by atoms with Crippen molar-refractivity contribution in [1.29, 1.82) is 0 Å². The normalized spacial score (nSPS) is 18.8. The maximum atomic E-state index is 10.7. The molecule has 1 saturated heterocycles. The van der Waals surface area contributed by atoms with Crippen LogP contribution in [0.3, 0.4) is 0 Å². The van der Waals surface area contributed by atoms with Crippen LogP contribution in [0.25, 0.3) is 0 Å². The molecule has 0 amide bonds. The van der Waals surface area contributed by atoms with Crippen LogP contribution in [0.2, 0.25) is 0 Å². The minimum Gasteiger partial charge on any atom is -0.481 e. The molecule has 21 heavy (non-hydrogen) atoms. The summed E-state index contributed by atoms with van der Waals surface area (Å²) in [5.41, 5.74) is 0. The number of hydrogen-bond acceptors (Lipinski definition) is 7. The van der Waals surface area contributed by atoms with E-state index < -0.39 is 5.97 Å². The predicted octanol–water partition coefficient (Wildman–Crippen LogP) is -0.293. The number of ether oxygens (including phenoxy) is 2. The Kier molecular flexibility index (Phi) is 5.29. The number of aliphatic carboxylic acids is 1. The number of likely N-dealkylation sites (N-methyl/N-ethyl adjacent to an activating group) is 1. The van der Waals surface area contributed by atoms with Gasteiger partial charge in [-0.1, -0.05) is 0 Å². The summed E-state index contributed by atoms with van der Waals surface area (Å²) in [6.45, 7) is 2.43. The molecule has 8 heteroatoms. The van der Waals surface area contributed by atoms with Crippen molar-refractivity contribution in [2.75, 3.05) is 51.8 Å². The van der Waals surface area contributed by atoms with Crippen LogP contribution in [0, 0.1) is 0 Å². The Bertz CT molecular complexity index is 485. The van der Waals surface area contributed by atoms with Crippen molar-refractivity contribution in [3.05, 3.63) is 12.3 Å². The second kappa shape index (κ2) is 7.19. The lowest BCUT2D eigenvalue weighted by Crippen LogP contribution is -2.48. The third-order valence-electron chi connectivity index (χ3n) is 3.17. The summed E-state index contributed by atoms with van der Waals surface area (Å²) in [5, 5.41) is 8.77. The number of carboxylic acids is 1. The van der Waals surface area contributed by atoms with Crippen LogP contribution < -0.4 is 9.64 Å². The number of aromatic nitrogens is 2. The second-order valence-electron chi connectivity index (χ2n) is 4.93. The summed E-state index contributed by atoms with van der Waals surface area (Å²) in [4.78, 5) is 23.0. The van der Waals surface area contributed by atoms with Gasteiger partial charge in [-0.3, -0.25) is 9.69 Å². The standard InChI is InChI=1S/C13H20N4O4/c1-16(9-12(18)19)7-10-8-17(5-6-21-10)13-14-4-3-11(15-13)20-2/h3-4,10H,5-9H2,1-2H3,(H,18,19). The van der Waals surface area contributed by atoms with Gasteiger partial charge in [0.1, 0.15) is 0 Å². The van der Waals surface area contributed by atoms with Gasteiger partial charge in [-0.2, -0.15) is 4.98 Å². The number of morpholine rings is 1. The van der Waals surface area contributed by atoms with Crippen molar-refractivity contribution < 1.29 is 19.4 Å². The molecule has 0 aliphatic carbocycles. The van der Waals surface area contributed by atoms with Gasteiger partial charge in [-0.25, -0.2) is 4.98 Å². The Hall–Kier alpha value is -1.93. The first-order valence-electron chi connectivity index (χ1n) is 6.72. The molecule has 2 heterocycles. The Morgan fingerprint density at radius 3 is 3.19 bits per heavy atom. The first-order valence-corrected chi connectivity index (χ1v) is 6.72. The van der Waals surface area contributed by atoms with Crippen molar-refractivity contribution in [3.8, 4) is 5.88 Å². The summed E-state index contributed by atoms with van der Waals surface area (Å²) in [5.74, 6) is 0.274. The molecule has 1 aromatic heterocycles. The van der Waals surface area contributed by atoms with Gasteiger partial charge in [-0.15, -0.1) is 0 Å².